The van der Waals surface area contributed by atoms with Gasteiger partial charge in [-0.1, -0.05) is 6.58 Å². The van der Waals surface area contributed by atoms with Gasteiger partial charge < -0.3 is 4.74 Å². The lowest BCUT2D eigenvalue weighted by atomic mass is 10.3. The fraction of sp³-hybridized carbons (Fsp3) is 0.625. The van der Waals surface area contributed by atoms with E-state index < -0.39 is 5.97 Å². The first-order chi connectivity index (χ1) is 5.49. The first-order valence-corrected chi connectivity index (χ1v) is 4.13. The van der Waals surface area contributed by atoms with Gasteiger partial charge in [-0.2, -0.15) is 0 Å². The standard InChI is InChI=1S/C8H14ClNO2/c1-6(5-9)8(11)12-7(2)10(3)4/h7H,1,5H2,2-4H3. The Morgan fingerprint density at radius 1 is 1.67 bits per heavy atom. The molecule has 0 aromatic rings. The number of nitrogens with zero attached hydrogens (tertiary/aromatic N) is 1. The molecule has 0 fully saturated rings. The SMILES string of the molecule is C=C(CCl)C(=O)OC(C)N(C)C. The van der Waals surface area contributed by atoms with Crippen molar-refractivity contribution in [3.05, 3.63) is 12.2 Å². The molecule has 0 saturated heterocycles. The maximum absolute atomic E-state index is 11.1. The number of esters is 1. The topological polar surface area (TPSA) is 29.5 Å². The van der Waals surface area contributed by atoms with E-state index in [2.05, 4.69) is 6.58 Å². The van der Waals surface area contributed by atoms with Crippen molar-refractivity contribution < 1.29 is 9.53 Å². The summed E-state index contributed by atoms with van der Waals surface area (Å²) in [6.07, 6.45) is -0.252. The van der Waals surface area contributed by atoms with E-state index in [1.807, 2.05) is 14.1 Å². The second kappa shape index (κ2) is 5.17. The maximum Gasteiger partial charge on any atom is 0.336 e. The Hall–Kier alpha value is -0.540. The summed E-state index contributed by atoms with van der Waals surface area (Å²) < 4.78 is 4.97. The van der Waals surface area contributed by atoms with Crippen molar-refractivity contribution in [1.29, 1.82) is 0 Å². The molecule has 0 spiro atoms. The number of hydrogen-bond donors (Lipinski definition) is 0. The molecule has 0 aromatic heterocycles. The molecule has 0 bridgehead atoms. The smallest absolute Gasteiger partial charge is 0.336 e. The molecule has 4 heteroatoms. The van der Waals surface area contributed by atoms with Crippen LogP contribution in [0.5, 0.6) is 0 Å². The number of carbonyl (C=O) groups is 1. The minimum atomic E-state index is -0.439. The van der Waals surface area contributed by atoms with Gasteiger partial charge in [-0.25, -0.2) is 4.79 Å². The lowest BCUT2D eigenvalue weighted by Gasteiger charge is -2.19. The zero-order valence-corrected chi connectivity index (χ0v) is 8.39. The Morgan fingerprint density at radius 2 is 2.17 bits per heavy atom. The van der Waals surface area contributed by atoms with E-state index >= 15 is 0 Å². The molecule has 0 N–H and O–H groups in total. The second-order valence-electron chi connectivity index (χ2n) is 2.71. The molecule has 0 aliphatic carbocycles. The zero-order chi connectivity index (χ0) is 9.72. The number of alkyl halides is 1. The van der Waals surface area contributed by atoms with Crippen LogP contribution >= 0.6 is 11.6 Å². The third-order valence-electron chi connectivity index (χ3n) is 1.45. The molecule has 0 aliphatic heterocycles. The molecule has 0 amide bonds. The molecular weight excluding hydrogens is 178 g/mol. The Balaban J connectivity index is 3.92. The number of ether oxygens (including phenoxy) is 1. The lowest BCUT2D eigenvalue weighted by molar-refractivity contribution is -0.150. The highest BCUT2D eigenvalue weighted by atomic mass is 35.5. The van der Waals surface area contributed by atoms with E-state index in [1.165, 1.54) is 0 Å². The van der Waals surface area contributed by atoms with Gasteiger partial charge in [-0.15, -0.1) is 11.6 Å². The minimum Gasteiger partial charge on any atom is -0.443 e. The molecule has 3 nitrogen and oxygen atoms in total. The Labute approximate surface area is 77.9 Å². The molecular formula is C8H14ClNO2. The van der Waals surface area contributed by atoms with Crippen LogP contribution in [-0.4, -0.2) is 37.1 Å². The highest BCUT2D eigenvalue weighted by Crippen LogP contribution is 2.02. The third-order valence-corrected chi connectivity index (χ3v) is 1.78. The fourth-order valence-electron chi connectivity index (χ4n) is 0.398. The van der Waals surface area contributed by atoms with Crippen molar-refractivity contribution in [2.45, 2.75) is 13.2 Å². The third kappa shape index (κ3) is 3.74. The van der Waals surface area contributed by atoms with Gasteiger partial charge in [0.1, 0.15) is 0 Å². The number of carbonyl (C=O) groups excluding carboxylic acids is 1. The van der Waals surface area contributed by atoms with Crippen LogP contribution in [0.15, 0.2) is 12.2 Å². The predicted octanol–water partition coefficient (Wildman–Crippen LogP) is 1.23. The highest BCUT2D eigenvalue weighted by molar-refractivity contribution is 6.22. The van der Waals surface area contributed by atoms with E-state index in [0.717, 1.165) is 0 Å². The number of rotatable bonds is 4. The highest BCUT2D eigenvalue weighted by Gasteiger charge is 2.12. The van der Waals surface area contributed by atoms with Crippen LogP contribution < -0.4 is 0 Å². The molecule has 0 radical (unpaired) electrons. The number of hydrogen-bond acceptors (Lipinski definition) is 3. The maximum atomic E-state index is 11.1. The summed E-state index contributed by atoms with van der Waals surface area (Å²) in [6.45, 7) is 5.24. The molecule has 1 atom stereocenters. The van der Waals surface area contributed by atoms with Gasteiger partial charge >= 0.3 is 5.97 Å². The summed E-state index contributed by atoms with van der Waals surface area (Å²) in [5.41, 5.74) is 0.283. The van der Waals surface area contributed by atoms with Crippen LogP contribution in [0.1, 0.15) is 6.92 Å². The van der Waals surface area contributed by atoms with Crippen LogP contribution in [0.2, 0.25) is 0 Å². The van der Waals surface area contributed by atoms with Crippen molar-refractivity contribution in [3.63, 3.8) is 0 Å². The fourth-order valence-corrected chi connectivity index (χ4v) is 0.507. The molecule has 0 rings (SSSR count). The van der Waals surface area contributed by atoms with Crippen LogP contribution in [0.25, 0.3) is 0 Å². The molecule has 0 heterocycles. The van der Waals surface area contributed by atoms with Gasteiger partial charge in [-0.05, 0) is 21.0 Å². The monoisotopic (exact) mass is 191 g/mol. The van der Waals surface area contributed by atoms with Crippen molar-refractivity contribution in [1.82, 2.24) is 4.90 Å². The predicted molar refractivity (Wildman–Crippen MR) is 49.1 cm³/mol. The summed E-state index contributed by atoms with van der Waals surface area (Å²) in [7, 11) is 3.64. The van der Waals surface area contributed by atoms with Crippen molar-refractivity contribution in [3.8, 4) is 0 Å². The average molecular weight is 192 g/mol. The van der Waals surface area contributed by atoms with E-state index in [0.29, 0.717) is 0 Å². The summed E-state index contributed by atoms with van der Waals surface area (Å²) >= 11 is 5.40. The van der Waals surface area contributed by atoms with E-state index in [1.54, 1.807) is 11.8 Å². The molecule has 12 heavy (non-hydrogen) atoms. The Morgan fingerprint density at radius 3 is 2.50 bits per heavy atom. The zero-order valence-electron chi connectivity index (χ0n) is 7.63. The number of halogens is 1. The molecule has 70 valence electrons. The Bertz CT molecular complexity index is 180. The largest absolute Gasteiger partial charge is 0.443 e. The Kier molecular flexibility index (Phi) is 4.93. The van der Waals surface area contributed by atoms with Gasteiger partial charge in [0, 0.05) is 5.57 Å². The van der Waals surface area contributed by atoms with Gasteiger partial charge in [0.2, 0.25) is 0 Å². The van der Waals surface area contributed by atoms with Crippen LogP contribution in [-0.2, 0) is 9.53 Å². The van der Waals surface area contributed by atoms with Gasteiger partial charge in [0.25, 0.3) is 0 Å². The normalized spacial score (nSPS) is 12.8. The van der Waals surface area contributed by atoms with Crippen molar-refractivity contribution in [2.75, 3.05) is 20.0 Å². The second-order valence-corrected chi connectivity index (χ2v) is 2.97. The molecule has 0 saturated carbocycles. The first kappa shape index (κ1) is 11.5. The average Bonchev–Trinajstić information content (AvgIpc) is 2.02. The van der Waals surface area contributed by atoms with Crippen molar-refractivity contribution >= 4 is 17.6 Å². The van der Waals surface area contributed by atoms with Crippen LogP contribution in [0.3, 0.4) is 0 Å². The summed E-state index contributed by atoms with van der Waals surface area (Å²) in [4.78, 5) is 12.8. The van der Waals surface area contributed by atoms with Gasteiger partial charge in [-0.3, -0.25) is 4.90 Å². The molecule has 1 unspecified atom stereocenters. The van der Waals surface area contributed by atoms with E-state index in [9.17, 15) is 4.79 Å². The molecule has 0 aromatic carbocycles. The summed E-state index contributed by atoms with van der Waals surface area (Å²) in [5.74, 6) is -0.329. The van der Waals surface area contributed by atoms with E-state index in [4.69, 9.17) is 16.3 Å². The van der Waals surface area contributed by atoms with Gasteiger partial charge in [0.15, 0.2) is 6.23 Å². The summed E-state index contributed by atoms with van der Waals surface area (Å²) in [5, 5.41) is 0. The summed E-state index contributed by atoms with van der Waals surface area (Å²) in [6, 6.07) is 0. The quantitative estimate of drug-likeness (QED) is 0.290. The van der Waals surface area contributed by atoms with Crippen LogP contribution in [0, 0.1) is 0 Å². The minimum absolute atomic E-state index is 0.110. The first-order valence-electron chi connectivity index (χ1n) is 3.60. The van der Waals surface area contributed by atoms with Gasteiger partial charge in [0.05, 0.1) is 5.88 Å². The van der Waals surface area contributed by atoms with Crippen LogP contribution in [0.4, 0.5) is 0 Å². The van der Waals surface area contributed by atoms with Crippen molar-refractivity contribution in [2.24, 2.45) is 0 Å². The van der Waals surface area contributed by atoms with E-state index in [-0.39, 0.29) is 17.7 Å². The molecule has 0 aliphatic rings. The lowest BCUT2D eigenvalue weighted by Crippen LogP contribution is -2.30.